The Morgan fingerprint density at radius 2 is 1.62 bits per heavy atom. The zero-order chi connectivity index (χ0) is 23.2. The summed E-state index contributed by atoms with van der Waals surface area (Å²) in [7, 11) is -4.64. The SMILES string of the molecule is CCCc1nc(-c2ccc(-c3ccc(CCC(N)(CO)COP(=O)(O)O)cc3)cc2)co1. The molecule has 0 bridgehead atoms. The number of phosphoric ester groups is 1. The van der Waals surface area contributed by atoms with Gasteiger partial charge in [0.1, 0.15) is 12.0 Å². The van der Waals surface area contributed by atoms with Crippen LogP contribution in [0.25, 0.3) is 22.4 Å². The van der Waals surface area contributed by atoms with E-state index in [2.05, 4.69) is 16.4 Å². The van der Waals surface area contributed by atoms with Gasteiger partial charge in [0.2, 0.25) is 0 Å². The molecule has 0 aliphatic rings. The van der Waals surface area contributed by atoms with Crippen molar-refractivity contribution in [2.24, 2.45) is 5.73 Å². The maximum atomic E-state index is 10.9. The Morgan fingerprint density at radius 1 is 1.03 bits per heavy atom. The van der Waals surface area contributed by atoms with Gasteiger partial charge in [0.05, 0.1) is 18.8 Å². The van der Waals surface area contributed by atoms with Gasteiger partial charge in [-0.2, -0.15) is 0 Å². The average molecular weight is 460 g/mol. The zero-order valence-corrected chi connectivity index (χ0v) is 18.9. The van der Waals surface area contributed by atoms with Gasteiger partial charge in [0.15, 0.2) is 5.89 Å². The predicted octanol–water partition coefficient (Wildman–Crippen LogP) is 3.69. The summed E-state index contributed by atoms with van der Waals surface area (Å²) in [5, 5.41) is 9.52. The molecule has 0 fully saturated rings. The van der Waals surface area contributed by atoms with Gasteiger partial charge in [-0.1, -0.05) is 55.5 Å². The standard InChI is InChI=1S/C23H29N2O6P/c1-2-3-22-25-21(14-30-22)20-10-8-19(9-11-20)18-6-4-17(5-7-18)12-13-23(24,15-26)16-31-32(27,28)29/h4-11,14,26H,2-3,12-13,15-16,24H2,1H3,(H2,27,28,29). The molecule has 0 aliphatic carbocycles. The van der Waals surface area contributed by atoms with Crippen molar-refractivity contribution in [3.05, 3.63) is 66.2 Å². The van der Waals surface area contributed by atoms with Crippen molar-refractivity contribution in [1.82, 2.24) is 4.98 Å². The van der Waals surface area contributed by atoms with Crippen molar-refractivity contribution in [2.75, 3.05) is 13.2 Å². The zero-order valence-electron chi connectivity index (χ0n) is 18.0. The summed E-state index contributed by atoms with van der Waals surface area (Å²) < 4.78 is 20.9. The molecule has 8 nitrogen and oxygen atoms in total. The summed E-state index contributed by atoms with van der Waals surface area (Å²) in [6.45, 7) is 1.22. The van der Waals surface area contributed by atoms with Gasteiger partial charge in [-0.05, 0) is 36.0 Å². The van der Waals surface area contributed by atoms with Gasteiger partial charge in [-0.15, -0.1) is 0 Å². The van der Waals surface area contributed by atoms with Crippen molar-refractivity contribution in [3.63, 3.8) is 0 Å². The van der Waals surface area contributed by atoms with Gasteiger partial charge >= 0.3 is 7.82 Å². The number of aliphatic hydroxyl groups is 1. The molecule has 3 aromatic rings. The molecule has 0 radical (unpaired) electrons. The van der Waals surface area contributed by atoms with Crippen molar-refractivity contribution < 1.29 is 28.4 Å². The molecule has 2 aromatic carbocycles. The molecule has 0 saturated heterocycles. The minimum absolute atomic E-state index is 0.315. The Labute approximate surface area is 187 Å². The summed E-state index contributed by atoms with van der Waals surface area (Å²) in [5.74, 6) is 0.748. The molecule has 9 heteroatoms. The van der Waals surface area contributed by atoms with Crippen LogP contribution in [0.15, 0.2) is 59.2 Å². The molecule has 3 rings (SSSR count). The van der Waals surface area contributed by atoms with E-state index in [-0.39, 0.29) is 0 Å². The lowest BCUT2D eigenvalue weighted by Gasteiger charge is -2.27. The predicted molar refractivity (Wildman–Crippen MR) is 122 cm³/mol. The monoisotopic (exact) mass is 460 g/mol. The molecular weight excluding hydrogens is 431 g/mol. The molecule has 1 aromatic heterocycles. The summed E-state index contributed by atoms with van der Waals surface area (Å²) in [6.07, 6.45) is 4.35. The Balaban J connectivity index is 1.61. The van der Waals surface area contributed by atoms with E-state index in [4.69, 9.17) is 19.9 Å². The van der Waals surface area contributed by atoms with Crippen LogP contribution in [0.3, 0.4) is 0 Å². The number of benzene rings is 2. The van der Waals surface area contributed by atoms with Crippen molar-refractivity contribution in [1.29, 1.82) is 0 Å². The van der Waals surface area contributed by atoms with E-state index in [9.17, 15) is 9.67 Å². The smallest absolute Gasteiger partial charge is 0.448 e. The van der Waals surface area contributed by atoms with E-state index in [1.807, 2.05) is 48.5 Å². The third-order valence-corrected chi connectivity index (χ3v) is 5.70. The first-order valence-electron chi connectivity index (χ1n) is 10.5. The number of hydrogen-bond donors (Lipinski definition) is 4. The topological polar surface area (TPSA) is 139 Å². The maximum absolute atomic E-state index is 10.9. The van der Waals surface area contributed by atoms with Crippen LogP contribution in [0, 0.1) is 0 Å². The fourth-order valence-corrected chi connectivity index (χ4v) is 3.70. The molecule has 0 aliphatic heterocycles. The summed E-state index contributed by atoms with van der Waals surface area (Å²) in [6, 6.07) is 16.1. The number of nitrogens with two attached hydrogens (primary N) is 1. The second kappa shape index (κ2) is 10.5. The second-order valence-corrected chi connectivity index (χ2v) is 9.17. The van der Waals surface area contributed by atoms with Crippen LogP contribution in [0.5, 0.6) is 0 Å². The first-order chi connectivity index (χ1) is 15.2. The van der Waals surface area contributed by atoms with E-state index in [0.29, 0.717) is 12.8 Å². The second-order valence-electron chi connectivity index (χ2n) is 7.94. The fourth-order valence-electron chi connectivity index (χ4n) is 3.27. The molecule has 0 amide bonds. The number of nitrogens with zero attached hydrogens (tertiary/aromatic N) is 1. The maximum Gasteiger partial charge on any atom is 0.469 e. The number of phosphoric acid groups is 1. The van der Waals surface area contributed by atoms with Crippen LogP contribution in [-0.4, -0.2) is 38.6 Å². The van der Waals surface area contributed by atoms with Crippen molar-refractivity contribution >= 4 is 7.82 Å². The van der Waals surface area contributed by atoms with Gasteiger partial charge < -0.3 is 25.0 Å². The van der Waals surface area contributed by atoms with Gasteiger partial charge in [0, 0.05) is 12.0 Å². The molecule has 1 atom stereocenters. The number of aromatic nitrogens is 1. The lowest BCUT2D eigenvalue weighted by atomic mass is 9.93. The number of oxazole rings is 1. The molecular formula is C23H29N2O6P. The molecule has 1 heterocycles. The van der Waals surface area contributed by atoms with Crippen LogP contribution in [0.2, 0.25) is 0 Å². The summed E-state index contributed by atoms with van der Waals surface area (Å²) in [5.41, 5.74) is 9.73. The summed E-state index contributed by atoms with van der Waals surface area (Å²) in [4.78, 5) is 22.2. The molecule has 32 heavy (non-hydrogen) atoms. The Hall–Kier alpha value is -2.32. The van der Waals surface area contributed by atoms with Gasteiger partial charge in [0.25, 0.3) is 0 Å². The third kappa shape index (κ3) is 6.84. The highest BCUT2D eigenvalue weighted by molar-refractivity contribution is 7.46. The van der Waals surface area contributed by atoms with Gasteiger partial charge in [-0.25, -0.2) is 9.55 Å². The molecule has 1 unspecified atom stereocenters. The largest absolute Gasteiger partial charge is 0.469 e. The highest BCUT2D eigenvalue weighted by Gasteiger charge is 2.28. The number of aryl methyl sites for hydroxylation is 2. The fraction of sp³-hybridized carbons (Fsp3) is 0.348. The van der Waals surface area contributed by atoms with E-state index >= 15 is 0 Å². The van der Waals surface area contributed by atoms with Crippen LogP contribution in [-0.2, 0) is 21.9 Å². The van der Waals surface area contributed by atoms with E-state index < -0.39 is 26.6 Å². The van der Waals surface area contributed by atoms with Crippen LogP contribution < -0.4 is 5.73 Å². The average Bonchev–Trinajstić information content (AvgIpc) is 3.25. The highest BCUT2D eigenvalue weighted by atomic mass is 31.2. The Morgan fingerprint density at radius 3 is 2.19 bits per heavy atom. The molecule has 172 valence electrons. The number of hydrogen-bond acceptors (Lipinski definition) is 6. The quantitative estimate of drug-likeness (QED) is 0.318. The minimum atomic E-state index is -4.64. The minimum Gasteiger partial charge on any atom is -0.448 e. The van der Waals surface area contributed by atoms with Crippen molar-refractivity contribution in [2.45, 2.75) is 38.1 Å². The highest BCUT2D eigenvalue weighted by Crippen LogP contribution is 2.37. The Bertz CT molecular complexity index is 1050. The number of aliphatic hydroxyl groups excluding tert-OH is 1. The lowest BCUT2D eigenvalue weighted by molar-refractivity contribution is 0.102. The molecule has 0 spiro atoms. The molecule has 5 N–H and O–H groups in total. The van der Waals surface area contributed by atoms with Crippen molar-refractivity contribution in [3.8, 4) is 22.4 Å². The Kier molecular flexibility index (Phi) is 8.00. The van der Waals surface area contributed by atoms with Crippen LogP contribution in [0.4, 0.5) is 0 Å². The van der Waals surface area contributed by atoms with Crippen LogP contribution in [0.1, 0.15) is 31.2 Å². The lowest BCUT2D eigenvalue weighted by Crippen LogP contribution is -2.48. The van der Waals surface area contributed by atoms with E-state index in [0.717, 1.165) is 46.7 Å². The normalized spacial score (nSPS) is 13.8. The molecule has 0 saturated carbocycles. The summed E-state index contributed by atoms with van der Waals surface area (Å²) >= 11 is 0. The third-order valence-electron chi connectivity index (χ3n) is 5.23. The first-order valence-corrected chi connectivity index (χ1v) is 12.0. The first kappa shape index (κ1) is 24.3. The van der Waals surface area contributed by atoms with E-state index in [1.165, 1.54) is 0 Å². The van der Waals surface area contributed by atoms with Gasteiger partial charge in [-0.3, -0.25) is 4.52 Å². The van der Waals surface area contributed by atoms with E-state index in [1.54, 1.807) is 6.26 Å². The number of rotatable bonds is 11. The van der Waals surface area contributed by atoms with Crippen LogP contribution >= 0.6 is 7.82 Å².